The van der Waals surface area contributed by atoms with E-state index in [0.717, 1.165) is 27.6 Å². The lowest BCUT2D eigenvalue weighted by molar-refractivity contribution is 0.101. The molecule has 0 spiro atoms. The maximum atomic E-state index is 13.1. The summed E-state index contributed by atoms with van der Waals surface area (Å²) in [5, 5.41) is 10.1. The van der Waals surface area contributed by atoms with Crippen LogP contribution in [0.2, 0.25) is 5.02 Å². The molecule has 0 aliphatic heterocycles. The number of anilines is 1. The molecule has 6 heteroatoms. The Morgan fingerprint density at radius 2 is 1.66 bits per heavy atom. The van der Waals surface area contributed by atoms with Gasteiger partial charge >= 0.3 is 0 Å². The number of aryl methyl sites for hydroxylation is 1. The van der Waals surface area contributed by atoms with Gasteiger partial charge in [0.05, 0.1) is 5.69 Å². The predicted octanol–water partition coefficient (Wildman–Crippen LogP) is 6.30. The highest BCUT2D eigenvalue weighted by molar-refractivity contribution is 6.30. The molecule has 5 nitrogen and oxygen atoms in total. The quantitative estimate of drug-likeness (QED) is 0.358. The molecule has 0 radical (unpaired) electrons. The van der Waals surface area contributed by atoms with Gasteiger partial charge in [-0.1, -0.05) is 71.8 Å². The molecule has 0 bridgehead atoms. The summed E-state index contributed by atoms with van der Waals surface area (Å²) in [6.07, 6.45) is 0. The van der Waals surface area contributed by atoms with E-state index < -0.39 is 0 Å². The van der Waals surface area contributed by atoms with Crippen LogP contribution in [0.5, 0.6) is 0 Å². The number of benzene rings is 4. The van der Waals surface area contributed by atoms with Crippen molar-refractivity contribution in [3.63, 3.8) is 0 Å². The fraction of sp³-hybridized carbons (Fsp3) is 0.0385. The summed E-state index contributed by atoms with van der Waals surface area (Å²) >= 11 is 6.06. The number of carbonyl (C=O) groups excluding carboxylic acids is 1. The molecule has 1 heterocycles. The van der Waals surface area contributed by atoms with Crippen LogP contribution < -0.4 is 5.32 Å². The minimum Gasteiger partial charge on any atom is -0.319 e. The molecule has 5 aromatic rings. The second-order valence-electron chi connectivity index (χ2n) is 7.50. The maximum Gasteiger partial charge on any atom is 0.295 e. The minimum absolute atomic E-state index is 0.0874. The number of nitrogens with zero attached hydrogens (tertiary/aromatic N) is 3. The van der Waals surface area contributed by atoms with E-state index in [9.17, 15) is 4.79 Å². The van der Waals surface area contributed by atoms with E-state index in [1.807, 2.05) is 85.8 Å². The number of hydrogen-bond donors (Lipinski definition) is 1. The Labute approximate surface area is 190 Å². The molecule has 0 fully saturated rings. The van der Waals surface area contributed by atoms with E-state index in [1.54, 1.807) is 16.8 Å². The van der Waals surface area contributed by atoms with Crippen LogP contribution in [0, 0.1) is 6.92 Å². The third-order valence-electron chi connectivity index (χ3n) is 5.20. The molecule has 1 N–H and O–H groups in total. The maximum absolute atomic E-state index is 13.1. The average Bonchev–Trinajstić information content (AvgIpc) is 3.26. The van der Waals surface area contributed by atoms with Gasteiger partial charge in [-0.2, -0.15) is 0 Å². The summed E-state index contributed by atoms with van der Waals surface area (Å²) in [6, 6.07) is 28.9. The van der Waals surface area contributed by atoms with Crippen molar-refractivity contribution in [1.82, 2.24) is 14.8 Å². The van der Waals surface area contributed by atoms with Gasteiger partial charge in [0.25, 0.3) is 5.91 Å². The first-order chi connectivity index (χ1) is 15.6. The van der Waals surface area contributed by atoms with E-state index >= 15 is 0 Å². The molecular weight excluding hydrogens is 420 g/mol. The van der Waals surface area contributed by atoms with Gasteiger partial charge in [0, 0.05) is 21.7 Å². The fourth-order valence-electron chi connectivity index (χ4n) is 3.65. The van der Waals surface area contributed by atoms with Crippen LogP contribution in [-0.4, -0.2) is 20.7 Å². The van der Waals surface area contributed by atoms with Crippen molar-refractivity contribution in [2.24, 2.45) is 0 Å². The number of carbonyl (C=O) groups is 1. The number of amides is 1. The number of hydrogen-bond acceptors (Lipinski definition) is 3. The lowest BCUT2D eigenvalue weighted by Gasteiger charge is -2.07. The van der Waals surface area contributed by atoms with Crippen molar-refractivity contribution in [3.05, 3.63) is 107 Å². The normalized spacial score (nSPS) is 10.9. The topological polar surface area (TPSA) is 59.8 Å². The first-order valence-electron chi connectivity index (χ1n) is 10.2. The molecule has 32 heavy (non-hydrogen) atoms. The van der Waals surface area contributed by atoms with Crippen molar-refractivity contribution in [2.45, 2.75) is 6.92 Å². The molecule has 0 saturated carbocycles. The molecule has 5 rings (SSSR count). The summed E-state index contributed by atoms with van der Waals surface area (Å²) < 4.78 is 1.67. The van der Waals surface area contributed by atoms with Crippen LogP contribution in [0.4, 0.5) is 5.69 Å². The summed E-state index contributed by atoms with van der Waals surface area (Å²) in [7, 11) is 0. The Balaban J connectivity index is 1.57. The Morgan fingerprint density at radius 1 is 0.906 bits per heavy atom. The van der Waals surface area contributed by atoms with Crippen molar-refractivity contribution >= 4 is 34.0 Å². The molecule has 0 saturated heterocycles. The van der Waals surface area contributed by atoms with E-state index in [2.05, 4.69) is 15.4 Å². The van der Waals surface area contributed by atoms with Crippen LogP contribution in [0.1, 0.15) is 16.2 Å². The number of halogens is 1. The monoisotopic (exact) mass is 438 g/mol. The molecule has 1 amide bonds. The Kier molecular flexibility index (Phi) is 5.17. The van der Waals surface area contributed by atoms with Crippen molar-refractivity contribution in [1.29, 1.82) is 0 Å². The summed E-state index contributed by atoms with van der Waals surface area (Å²) in [6.45, 7) is 2.01. The molecule has 0 unspecified atom stereocenters. The number of rotatable bonds is 4. The molecular formula is C26H19ClN4O. The predicted molar refractivity (Wildman–Crippen MR) is 128 cm³/mol. The summed E-state index contributed by atoms with van der Waals surface area (Å²) in [5.74, 6) is 0.298. The third-order valence-corrected chi connectivity index (χ3v) is 5.45. The lowest BCUT2D eigenvalue weighted by atomic mass is 10.1. The highest BCUT2D eigenvalue weighted by Gasteiger charge is 2.19. The average molecular weight is 439 g/mol. The van der Waals surface area contributed by atoms with Crippen molar-refractivity contribution in [2.75, 3.05) is 5.32 Å². The van der Waals surface area contributed by atoms with Gasteiger partial charge in [-0.3, -0.25) is 4.79 Å². The first kappa shape index (κ1) is 20.0. The summed E-state index contributed by atoms with van der Waals surface area (Å²) in [5.41, 5.74) is 3.45. The van der Waals surface area contributed by atoms with Gasteiger partial charge in [-0.05, 0) is 48.7 Å². The summed E-state index contributed by atoms with van der Waals surface area (Å²) in [4.78, 5) is 17.7. The molecule has 0 atom stereocenters. The Hall–Kier alpha value is -3.96. The van der Waals surface area contributed by atoms with Crippen LogP contribution in [-0.2, 0) is 0 Å². The highest BCUT2D eigenvalue weighted by Crippen LogP contribution is 2.25. The van der Waals surface area contributed by atoms with Crippen LogP contribution in [0.15, 0.2) is 91.0 Å². The van der Waals surface area contributed by atoms with Crippen LogP contribution in [0.3, 0.4) is 0 Å². The number of aromatic nitrogens is 3. The number of fused-ring (bicyclic) bond motifs is 1. The highest BCUT2D eigenvalue weighted by atomic mass is 35.5. The molecule has 1 aromatic heterocycles. The van der Waals surface area contributed by atoms with Gasteiger partial charge < -0.3 is 5.32 Å². The van der Waals surface area contributed by atoms with Crippen molar-refractivity contribution in [3.8, 4) is 17.1 Å². The third kappa shape index (κ3) is 3.86. The van der Waals surface area contributed by atoms with Gasteiger partial charge in [0.2, 0.25) is 5.82 Å². The van der Waals surface area contributed by atoms with Gasteiger partial charge in [0.1, 0.15) is 0 Å². The van der Waals surface area contributed by atoms with Gasteiger partial charge in [-0.25, -0.2) is 9.67 Å². The van der Waals surface area contributed by atoms with E-state index in [4.69, 9.17) is 11.6 Å². The first-order valence-corrected chi connectivity index (χ1v) is 10.6. The smallest absolute Gasteiger partial charge is 0.295 e. The van der Waals surface area contributed by atoms with Crippen LogP contribution in [0.25, 0.3) is 27.8 Å². The van der Waals surface area contributed by atoms with Gasteiger partial charge in [0.15, 0.2) is 5.82 Å². The van der Waals surface area contributed by atoms with Crippen LogP contribution >= 0.6 is 11.6 Å². The Morgan fingerprint density at radius 3 is 2.47 bits per heavy atom. The second kappa shape index (κ2) is 8.29. The second-order valence-corrected chi connectivity index (χ2v) is 7.93. The molecule has 0 aliphatic carbocycles. The molecule has 4 aromatic carbocycles. The largest absolute Gasteiger partial charge is 0.319 e. The van der Waals surface area contributed by atoms with E-state index in [0.29, 0.717) is 16.5 Å². The SMILES string of the molecule is Cc1cccc(-c2nc(C(=O)Nc3cccc4ccccc34)nn2-c2ccc(Cl)cc2)c1. The van der Waals surface area contributed by atoms with Crippen molar-refractivity contribution < 1.29 is 4.79 Å². The van der Waals surface area contributed by atoms with E-state index in [1.165, 1.54) is 0 Å². The standard InChI is InChI=1S/C26H19ClN4O/c1-17-6-4-9-19(16-17)25-29-24(30-31(25)21-14-12-20(27)13-15-21)26(32)28-23-11-5-8-18-7-2-3-10-22(18)23/h2-16H,1H3,(H,28,32). The fourth-order valence-corrected chi connectivity index (χ4v) is 3.78. The molecule has 156 valence electrons. The zero-order valence-electron chi connectivity index (χ0n) is 17.3. The zero-order valence-corrected chi connectivity index (χ0v) is 18.0. The van der Waals surface area contributed by atoms with Gasteiger partial charge in [-0.15, -0.1) is 5.10 Å². The molecule has 0 aliphatic rings. The minimum atomic E-state index is -0.372. The van der Waals surface area contributed by atoms with E-state index in [-0.39, 0.29) is 11.7 Å². The number of nitrogens with one attached hydrogen (secondary N) is 1. The zero-order chi connectivity index (χ0) is 22.1. The lowest BCUT2D eigenvalue weighted by Crippen LogP contribution is -2.14. The Bertz CT molecular complexity index is 1430.